The molecule has 30 heavy (non-hydrogen) atoms. The Bertz CT molecular complexity index is 831. The smallest absolute Gasteiger partial charge is 0.251 e. The van der Waals surface area contributed by atoms with Crippen LogP contribution in [0.3, 0.4) is 0 Å². The molecule has 0 saturated heterocycles. The van der Waals surface area contributed by atoms with Crippen LogP contribution in [0.5, 0.6) is 0 Å². The fourth-order valence-electron chi connectivity index (χ4n) is 2.79. The molecule has 0 aliphatic rings. The summed E-state index contributed by atoms with van der Waals surface area (Å²) in [5.74, 6) is -1.04. The van der Waals surface area contributed by atoms with Crippen LogP contribution in [0.2, 0.25) is 0 Å². The molecule has 4 N–H and O–H groups in total. The number of pyridine rings is 1. The van der Waals surface area contributed by atoms with Gasteiger partial charge in [0.25, 0.3) is 5.91 Å². The number of hydrogen-bond acceptors (Lipinski definition) is 5. The van der Waals surface area contributed by atoms with Gasteiger partial charge in [0.1, 0.15) is 6.04 Å². The molecular weight excluding hydrogens is 452 g/mol. The maximum atomic E-state index is 12.7. The van der Waals surface area contributed by atoms with E-state index in [-0.39, 0.29) is 18.2 Å². The summed E-state index contributed by atoms with van der Waals surface area (Å²) in [5, 5.41) is 14.2. The van der Waals surface area contributed by atoms with Gasteiger partial charge in [-0.25, -0.2) is 5.48 Å². The molecular formula is C21H25BrN4O4. The van der Waals surface area contributed by atoms with Crippen molar-refractivity contribution in [3.05, 3.63) is 64.4 Å². The third-order valence-corrected chi connectivity index (χ3v) is 4.99. The topological polar surface area (TPSA) is 120 Å². The third kappa shape index (κ3) is 8.30. The average molecular weight is 477 g/mol. The summed E-state index contributed by atoms with van der Waals surface area (Å²) in [5.41, 5.74) is 2.97. The summed E-state index contributed by atoms with van der Waals surface area (Å²) in [6.45, 7) is 0.336. The highest BCUT2D eigenvalue weighted by Gasteiger charge is 2.21. The summed E-state index contributed by atoms with van der Waals surface area (Å²) in [4.78, 5) is 40.3. The Hall–Kier alpha value is -2.78. The second kappa shape index (κ2) is 12.7. The zero-order valence-corrected chi connectivity index (χ0v) is 18.0. The molecule has 1 aromatic carbocycles. The van der Waals surface area contributed by atoms with Gasteiger partial charge < -0.3 is 10.6 Å². The second-order valence-electron chi connectivity index (χ2n) is 6.74. The zero-order chi connectivity index (χ0) is 21.8. The molecule has 0 radical (unpaired) electrons. The Morgan fingerprint density at radius 1 is 1.00 bits per heavy atom. The molecule has 2 rings (SSSR count). The van der Waals surface area contributed by atoms with Crippen LogP contribution in [0.15, 0.2) is 53.3 Å². The molecule has 0 saturated carbocycles. The highest BCUT2D eigenvalue weighted by atomic mass is 79.9. The van der Waals surface area contributed by atoms with Crippen molar-refractivity contribution in [2.45, 2.75) is 44.7 Å². The predicted octanol–water partition coefficient (Wildman–Crippen LogP) is 2.71. The van der Waals surface area contributed by atoms with Crippen LogP contribution in [0.1, 0.15) is 48.0 Å². The molecule has 1 aromatic heterocycles. The third-order valence-electron chi connectivity index (χ3n) is 4.47. The van der Waals surface area contributed by atoms with Crippen molar-refractivity contribution < 1.29 is 19.6 Å². The minimum atomic E-state index is -0.699. The number of aromatic nitrogens is 1. The molecule has 0 aliphatic heterocycles. The van der Waals surface area contributed by atoms with Crippen molar-refractivity contribution in [3.8, 4) is 0 Å². The molecule has 1 heterocycles. The van der Waals surface area contributed by atoms with Crippen molar-refractivity contribution in [2.75, 3.05) is 0 Å². The molecule has 0 fully saturated rings. The van der Waals surface area contributed by atoms with E-state index in [0.717, 1.165) is 10.0 Å². The number of benzene rings is 1. The van der Waals surface area contributed by atoms with Crippen LogP contribution in [0.25, 0.3) is 0 Å². The van der Waals surface area contributed by atoms with E-state index in [1.807, 2.05) is 12.1 Å². The van der Waals surface area contributed by atoms with Crippen LogP contribution < -0.4 is 16.1 Å². The first-order valence-electron chi connectivity index (χ1n) is 9.65. The van der Waals surface area contributed by atoms with Crippen molar-refractivity contribution in [1.82, 2.24) is 21.1 Å². The lowest BCUT2D eigenvalue weighted by atomic mass is 10.1. The van der Waals surface area contributed by atoms with Crippen LogP contribution in [-0.4, -0.2) is 34.0 Å². The van der Waals surface area contributed by atoms with Crippen molar-refractivity contribution in [1.29, 1.82) is 0 Å². The molecule has 3 amide bonds. The predicted molar refractivity (Wildman–Crippen MR) is 114 cm³/mol. The van der Waals surface area contributed by atoms with Crippen molar-refractivity contribution in [3.63, 3.8) is 0 Å². The van der Waals surface area contributed by atoms with Crippen LogP contribution in [-0.2, 0) is 16.1 Å². The monoisotopic (exact) mass is 476 g/mol. The fraction of sp³-hybridized carbons (Fsp3) is 0.333. The highest BCUT2D eigenvalue weighted by molar-refractivity contribution is 9.10. The summed E-state index contributed by atoms with van der Waals surface area (Å²) in [7, 11) is 0. The first kappa shape index (κ1) is 23.5. The molecule has 0 aliphatic carbocycles. The Morgan fingerprint density at radius 2 is 1.70 bits per heavy atom. The lowest BCUT2D eigenvalue weighted by molar-refractivity contribution is -0.129. The Kier molecular flexibility index (Phi) is 9.96. The van der Waals surface area contributed by atoms with E-state index in [0.29, 0.717) is 37.8 Å². The highest BCUT2D eigenvalue weighted by Crippen LogP contribution is 2.12. The molecule has 1 atom stereocenters. The quantitative estimate of drug-likeness (QED) is 0.225. The van der Waals surface area contributed by atoms with Gasteiger partial charge in [0.05, 0.1) is 0 Å². The number of amides is 3. The minimum absolute atomic E-state index is 0.209. The number of nitrogens with one attached hydrogen (secondary N) is 3. The van der Waals surface area contributed by atoms with Crippen LogP contribution in [0.4, 0.5) is 0 Å². The summed E-state index contributed by atoms with van der Waals surface area (Å²) >= 11 is 3.33. The summed E-state index contributed by atoms with van der Waals surface area (Å²) in [6, 6.07) is 9.80. The Morgan fingerprint density at radius 3 is 2.37 bits per heavy atom. The van der Waals surface area contributed by atoms with E-state index in [2.05, 4.69) is 31.5 Å². The number of rotatable bonds is 11. The van der Waals surface area contributed by atoms with Crippen molar-refractivity contribution in [2.24, 2.45) is 0 Å². The van der Waals surface area contributed by atoms with Gasteiger partial charge >= 0.3 is 0 Å². The van der Waals surface area contributed by atoms with Gasteiger partial charge in [-0.1, -0.05) is 28.8 Å². The number of carbonyl (C=O) groups is 3. The minimum Gasteiger partial charge on any atom is -0.350 e. The van der Waals surface area contributed by atoms with E-state index in [9.17, 15) is 14.4 Å². The van der Waals surface area contributed by atoms with E-state index in [1.54, 1.807) is 42.1 Å². The normalized spacial score (nSPS) is 11.4. The summed E-state index contributed by atoms with van der Waals surface area (Å²) < 4.78 is 0.859. The number of nitrogens with zero attached hydrogens (tertiary/aromatic N) is 1. The van der Waals surface area contributed by atoms with E-state index in [1.165, 1.54) is 0 Å². The number of hydroxylamine groups is 1. The first-order chi connectivity index (χ1) is 14.5. The maximum Gasteiger partial charge on any atom is 0.251 e. The molecule has 0 spiro atoms. The number of halogens is 1. The number of hydrogen-bond donors (Lipinski definition) is 4. The van der Waals surface area contributed by atoms with E-state index >= 15 is 0 Å². The van der Waals surface area contributed by atoms with Crippen molar-refractivity contribution >= 4 is 33.7 Å². The lowest BCUT2D eigenvalue weighted by Crippen LogP contribution is -2.46. The van der Waals surface area contributed by atoms with Crippen LogP contribution in [0, 0.1) is 0 Å². The number of unbranched alkanes of at least 4 members (excludes halogenated alkanes) is 2. The molecule has 9 heteroatoms. The Balaban J connectivity index is 1.93. The Labute approximate surface area is 183 Å². The maximum absolute atomic E-state index is 12.7. The summed E-state index contributed by atoms with van der Waals surface area (Å²) in [6.07, 6.45) is 5.86. The average Bonchev–Trinajstić information content (AvgIpc) is 2.77. The molecule has 2 aromatic rings. The molecule has 8 nitrogen and oxygen atoms in total. The fourth-order valence-corrected chi connectivity index (χ4v) is 3.06. The van der Waals surface area contributed by atoms with Gasteiger partial charge in [0, 0.05) is 35.4 Å². The molecule has 0 unspecified atom stereocenters. The number of carbonyl (C=O) groups excluding carboxylic acids is 3. The standard InChI is InChI=1S/C21H25BrN4O4/c22-17-8-6-16(7-9-17)20(28)25-18(4-2-1-3-5-19(27)26-30)21(29)24-14-15-10-12-23-13-11-15/h6-13,18,30H,1-5,14H2,(H,24,29)(H,25,28)(H,26,27)/t18-/m0/s1. The van der Waals surface area contributed by atoms with Gasteiger partial charge in [-0.3, -0.25) is 24.6 Å². The largest absolute Gasteiger partial charge is 0.350 e. The van der Waals surface area contributed by atoms with Gasteiger partial charge in [-0.05, 0) is 54.8 Å². The van der Waals surface area contributed by atoms with Gasteiger partial charge in [-0.2, -0.15) is 0 Å². The van der Waals surface area contributed by atoms with Crippen LogP contribution >= 0.6 is 15.9 Å². The second-order valence-corrected chi connectivity index (χ2v) is 7.66. The molecule has 0 bridgehead atoms. The molecule has 160 valence electrons. The van der Waals surface area contributed by atoms with Gasteiger partial charge in [0.15, 0.2) is 0 Å². The van der Waals surface area contributed by atoms with E-state index in [4.69, 9.17) is 5.21 Å². The van der Waals surface area contributed by atoms with Gasteiger partial charge in [-0.15, -0.1) is 0 Å². The first-order valence-corrected chi connectivity index (χ1v) is 10.4. The zero-order valence-electron chi connectivity index (χ0n) is 16.4. The SMILES string of the molecule is O=C(CCCCC[C@H](NC(=O)c1ccc(Br)cc1)C(=O)NCc1ccncc1)NO. The van der Waals surface area contributed by atoms with E-state index < -0.39 is 11.9 Å². The van der Waals surface area contributed by atoms with Gasteiger partial charge in [0.2, 0.25) is 11.8 Å². The lowest BCUT2D eigenvalue weighted by Gasteiger charge is -2.19.